The molecule has 28 heavy (non-hydrogen) atoms. The number of nitrogens with one attached hydrogen (secondary N) is 1. The largest absolute Gasteiger partial charge is 0.478 e. The SMILES string of the molecule is Cc1cc(CC(=O)N2C[C@@H](O)C[C@H]2C(=O)NCc2ccc(C(=O)O)cc2)on1. The summed E-state index contributed by atoms with van der Waals surface area (Å²) in [6, 6.07) is 7.02. The van der Waals surface area contributed by atoms with E-state index in [9.17, 15) is 19.5 Å². The van der Waals surface area contributed by atoms with Crippen molar-refractivity contribution in [3.05, 3.63) is 52.9 Å². The Balaban J connectivity index is 1.60. The van der Waals surface area contributed by atoms with Gasteiger partial charge in [0, 0.05) is 25.6 Å². The minimum Gasteiger partial charge on any atom is -0.478 e. The van der Waals surface area contributed by atoms with Crippen molar-refractivity contribution in [2.45, 2.75) is 38.5 Å². The van der Waals surface area contributed by atoms with Crippen LogP contribution in [0.5, 0.6) is 0 Å². The van der Waals surface area contributed by atoms with Gasteiger partial charge in [0.2, 0.25) is 11.8 Å². The predicted molar refractivity (Wildman–Crippen MR) is 96.3 cm³/mol. The zero-order valence-electron chi connectivity index (χ0n) is 15.3. The molecule has 0 saturated carbocycles. The molecule has 2 amide bonds. The fourth-order valence-electron chi connectivity index (χ4n) is 3.16. The second-order valence-electron chi connectivity index (χ2n) is 6.78. The first-order chi connectivity index (χ1) is 13.3. The Morgan fingerprint density at radius 2 is 2.00 bits per heavy atom. The number of hydrogen-bond acceptors (Lipinski definition) is 6. The molecule has 3 rings (SSSR count). The molecular weight excluding hydrogens is 366 g/mol. The first-order valence-electron chi connectivity index (χ1n) is 8.83. The molecular formula is C19H21N3O6. The number of aromatic carboxylic acids is 1. The van der Waals surface area contributed by atoms with Gasteiger partial charge in [0.15, 0.2) is 0 Å². The number of aliphatic hydroxyl groups is 1. The number of hydrogen-bond donors (Lipinski definition) is 3. The van der Waals surface area contributed by atoms with Crippen LogP contribution in [0.2, 0.25) is 0 Å². The van der Waals surface area contributed by atoms with Gasteiger partial charge >= 0.3 is 5.97 Å². The summed E-state index contributed by atoms with van der Waals surface area (Å²) in [7, 11) is 0. The van der Waals surface area contributed by atoms with Crippen molar-refractivity contribution in [2.75, 3.05) is 6.54 Å². The van der Waals surface area contributed by atoms with Gasteiger partial charge in [-0.1, -0.05) is 17.3 Å². The predicted octanol–water partition coefficient (Wildman–Crippen LogP) is 0.502. The smallest absolute Gasteiger partial charge is 0.335 e. The molecule has 0 spiro atoms. The van der Waals surface area contributed by atoms with Crippen molar-refractivity contribution in [1.29, 1.82) is 0 Å². The number of aryl methyl sites for hydroxylation is 1. The van der Waals surface area contributed by atoms with Crippen LogP contribution in [-0.4, -0.2) is 56.7 Å². The van der Waals surface area contributed by atoms with Gasteiger partial charge in [0.25, 0.3) is 0 Å². The lowest BCUT2D eigenvalue weighted by atomic mass is 10.1. The van der Waals surface area contributed by atoms with Crippen molar-refractivity contribution in [3.63, 3.8) is 0 Å². The highest BCUT2D eigenvalue weighted by molar-refractivity contribution is 5.89. The molecule has 1 aromatic carbocycles. The Morgan fingerprint density at radius 1 is 1.29 bits per heavy atom. The first kappa shape index (κ1) is 19.6. The molecule has 9 nitrogen and oxygen atoms in total. The van der Waals surface area contributed by atoms with Crippen LogP contribution in [0.3, 0.4) is 0 Å². The van der Waals surface area contributed by atoms with Crippen LogP contribution in [0.15, 0.2) is 34.9 Å². The van der Waals surface area contributed by atoms with E-state index in [1.165, 1.54) is 17.0 Å². The van der Waals surface area contributed by atoms with Crippen LogP contribution in [0.25, 0.3) is 0 Å². The molecule has 2 atom stereocenters. The Morgan fingerprint density at radius 3 is 2.61 bits per heavy atom. The molecule has 9 heteroatoms. The minimum atomic E-state index is -1.02. The second-order valence-corrected chi connectivity index (χ2v) is 6.78. The number of carboxylic acid groups (broad SMARTS) is 1. The molecule has 3 N–H and O–H groups in total. The monoisotopic (exact) mass is 387 g/mol. The Hall–Kier alpha value is -3.20. The lowest BCUT2D eigenvalue weighted by Gasteiger charge is -2.23. The molecule has 1 aliphatic rings. The van der Waals surface area contributed by atoms with Crippen molar-refractivity contribution in [3.8, 4) is 0 Å². The number of nitrogens with zero attached hydrogens (tertiary/aromatic N) is 2. The Kier molecular flexibility index (Phi) is 5.74. The van der Waals surface area contributed by atoms with Gasteiger partial charge in [-0.25, -0.2) is 4.79 Å². The summed E-state index contributed by atoms with van der Waals surface area (Å²) in [6.45, 7) is 2.02. The number of aromatic nitrogens is 1. The summed E-state index contributed by atoms with van der Waals surface area (Å²) in [5, 5.41) is 25.3. The quantitative estimate of drug-likeness (QED) is 0.657. The van der Waals surface area contributed by atoms with E-state index in [2.05, 4.69) is 10.5 Å². The lowest BCUT2D eigenvalue weighted by molar-refractivity contribution is -0.138. The normalized spacial score (nSPS) is 18.9. The van der Waals surface area contributed by atoms with Crippen LogP contribution in [0.4, 0.5) is 0 Å². The van der Waals surface area contributed by atoms with E-state index >= 15 is 0 Å². The maximum absolute atomic E-state index is 12.6. The summed E-state index contributed by atoms with van der Waals surface area (Å²) in [6.07, 6.45) is -0.648. The van der Waals surface area contributed by atoms with Crippen LogP contribution >= 0.6 is 0 Å². The van der Waals surface area contributed by atoms with E-state index in [1.54, 1.807) is 25.1 Å². The van der Waals surface area contributed by atoms with Crippen LogP contribution in [0, 0.1) is 6.92 Å². The van der Waals surface area contributed by atoms with Gasteiger partial charge in [0.1, 0.15) is 11.8 Å². The second kappa shape index (κ2) is 8.22. The molecule has 2 aromatic rings. The third-order valence-corrected chi connectivity index (χ3v) is 4.57. The Labute approximate surface area is 160 Å². The van der Waals surface area contributed by atoms with E-state index in [-0.39, 0.29) is 43.3 Å². The van der Waals surface area contributed by atoms with Crippen LogP contribution in [-0.2, 0) is 22.6 Å². The van der Waals surface area contributed by atoms with E-state index in [4.69, 9.17) is 9.63 Å². The van der Waals surface area contributed by atoms with E-state index < -0.39 is 18.1 Å². The fourth-order valence-corrected chi connectivity index (χ4v) is 3.16. The number of β-amino-alcohol motifs (C(OH)–C–C–N with tert-alkyl or cyclic N) is 1. The summed E-state index contributed by atoms with van der Waals surface area (Å²) in [5.41, 5.74) is 1.55. The average Bonchev–Trinajstić information content (AvgIpc) is 3.25. The number of amides is 2. The van der Waals surface area contributed by atoms with Crippen molar-refractivity contribution in [1.82, 2.24) is 15.4 Å². The van der Waals surface area contributed by atoms with Gasteiger partial charge < -0.3 is 25.0 Å². The fraction of sp³-hybridized carbons (Fsp3) is 0.368. The molecule has 148 valence electrons. The van der Waals surface area contributed by atoms with Crippen LogP contribution < -0.4 is 5.32 Å². The Bertz CT molecular complexity index is 876. The molecule has 0 radical (unpaired) electrons. The molecule has 1 aromatic heterocycles. The standard InChI is InChI=1S/C19H21N3O6/c1-11-6-15(28-21-11)8-17(24)22-10-14(23)7-16(22)18(25)20-9-12-2-4-13(5-3-12)19(26)27/h2-6,14,16,23H,7-10H2,1H3,(H,20,25)(H,26,27)/t14-,16-/m0/s1. The minimum absolute atomic E-state index is 0.0337. The molecule has 1 fully saturated rings. The molecule has 1 saturated heterocycles. The number of benzene rings is 1. The van der Waals surface area contributed by atoms with Gasteiger partial charge in [0.05, 0.1) is 23.8 Å². The van der Waals surface area contributed by atoms with Crippen molar-refractivity contribution >= 4 is 17.8 Å². The third kappa shape index (κ3) is 4.55. The summed E-state index contributed by atoms with van der Waals surface area (Å²) in [4.78, 5) is 37.3. The van der Waals surface area contributed by atoms with Crippen LogP contribution in [0.1, 0.15) is 33.8 Å². The van der Waals surface area contributed by atoms with Crippen molar-refractivity contribution < 1.29 is 29.1 Å². The van der Waals surface area contributed by atoms with Gasteiger partial charge in [-0.05, 0) is 24.6 Å². The summed E-state index contributed by atoms with van der Waals surface area (Å²) >= 11 is 0. The number of carbonyl (C=O) groups excluding carboxylic acids is 2. The highest BCUT2D eigenvalue weighted by atomic mass is 16.5. The number of carboxylic acids is 1. The van der Waals surface area contributed by atoms with E-state index in [1.807, 2.05) is 0 Å². The highest BCUT2D eigenvalue weighted by Gasteiger charge is 2.38. The number of carbonyl (C=O) groups is 3. The van der Waals surface area contributed by atoms with Gasteiger partial charge in [-0.3, -0.25) is 9.59 Å². The van der Waals surface area contributed by atoms with Gasteiger partial charge in [-0.15, -0.1) is 0 Å². The molecule has 1 aliphatic heterocycles. The molecule has 2 heterocycles. The maximum atomic E-state index is 12.6. The number of aliphatic hydroxyl groups excluding tert-OH is 1. The van der Waals surface area contributed by atoms with Crippen molar-refractivity contribution in [2.24, 2.45) is 0 Å². The first-order valence-corrected chi connectivity index (χ1v) is 8.83. The molecule has 0 unspecified atom stereocenters. The van der Waals surface area contributed by atoms with Gasteiger partial charge in [-0.2, -0.15) is 0 Å². The third-order valence-electron chi connectivity index (χ3n) is 4.57. The zero-order valence-corrected chi connectivity index (χ0v) is 15.3. The zero-order chi connectivity index (χ0) is 20.3. The summed E-state index contributed by atoms with van der Waals surface area (Å²) in [5.74, 6) is -1.31. The number of rotatable bonds is 6. The average molecular weight is 387 g/mol. The summed E-state index contributed by atoms with van der Waals surface area (Å²) < 4.78 is 5.05. The lowest BCUT2D eigenvalue weighted by Crippen LogP contribution is -2.46. The van der Waals surface area contributed by atoms with E-state index in [0.29, 0.717) is 11.5 Å². The highest BCUT2D eigenvalue weighted by Crippen LogP contribution is 2.20. The topological polar surface area (TPSA) is 133 Å². The molecule has 0 bridgehead atoms. The maximum Gasteiger partial charge on any atom is 0.335 e. The number of likely N-dealkylation sites (tertiary alicyclic amines) is 1. The molecule has 0 aliphatic carbocycles. The van der Waals surface area contributed by atoms with E-state index in [0.717, 1.165) is 5.56 Å².